The molecule has 0 aliphatic carbocycles. The number of pyridine rings is 1. The van der Waals surface area contributed by atoms with Crippen LogP contribution in [0.4, 0.5) is 11.5 Å². The standard InChI is InChI=1S/C15H13ClN4O/c1-21-13-5-6-14(19-12-8-17-18-9-12)20-15(13)10-3-2-4-11(16)7-10/h2-9H,1H3,(H,17,18)(H,19,20). The lowest BCUT2D eigenvalue weighted by Gasteiger charge is -2.11. The van der Waals surface area contributed by atoms with E-state index in [0.717, 1.165) is 16.9 Å². The molecule has 0 aliphatic heterocycles. The Labute approximate surface area is 126 Å². The molecule has 106 valence electrons. The molecule has 0 saturated heterocycles. The molecule has 0 bridgehead atoms. The van der Waals surface area contributed by atoms with Gasteiger partial charge in [0.1, 0.15) is 17.3 Å². The van der Waals surface area contributed by atoms with E-state index < -0.39 is 0 Å². The number of nitrogens with zero attached hydrogens (tertiary/aromatic N) is 2. The van der Waals surface area contributed by atoms with E-state index in [4.69, 9.17) is 16.3 Å². The molecular formula is C15H13ClN4O. The fourth-order valence-corrected chi connectivity index (χ4v) is 2.18. The fourth-order valence-electron chi connectivity index (χ4n) is 1.99. The van der Waals surface area contributed by atoms with Crippen molar-refractivity contribution in [3.8, 4) is 17.0 Å². The number of anilines is 2. The van der Waals surface area contributed by atoms with Gasteiger partial charge in [0.2, 0.25) is 0 Å². The lowest BCUT2D eigenvalue weighted by molar-refractivity contribution is 0.415. The van der Waals surface area contributed by atoms with Crippen LogP contribution < -0.4 is 10.1 Å². The highest BCUT2D eigenvalue weighted by atomic mass is 35.5. The molecule has 3 aromatic rings. The molecule has 0 saturated carbocycles. The first-order chi connectivity index (χ1) is 10.3. The number of H-pyrrole nitrogens is 1. The second-order valence-corrected chi connectivity index (χ2v) is 4.81. The number of halogens is 1. The van der Waals surface area contributed by atoms with E-state index in [2.05, 4.69) is 20.5 Å². The Bertz CT molecular complexity index is 743. The molecule has 1 aromatic carbocycles. The fraction of sp³-hybridized carbons (Fsp3) is 0.0667. The summed E-state index contributed by atoms with van der Waals surface area (Å²) in [5.74, 6) is 1.39. The lowest BCUT2D eigenvalue weighted by atomic mass is 10.1. The van der Waals surface area contributed by atoms with Crippen molar-refractivity contribution in [3.05, 3.63) is 53.8 Å². The van der Waals surface area contributed by atoms with Crippen molar-refractivity contribution in [3.63, 3.8) is 0 Å². The summed E-state index contributed by atoms with van der Waals surface area (Å²) in [5.41, 5.74) is 2.47. The van der Waals surface area contributed by atoms with Crippen molar-refractivity contribution in [1.29, 1.82) is 0 Å². The van der Waals surface area contributed by atoms with Crippen molar-refractivity contribution in [1.82, 2.24) is 15.2 Å². The number of hydrogen-bond donors (Lipinski definition) is 2. The Morgan fingerprint density at radius 1 is 1.24 bits per heavy atom. The van der Waals surface area contributed by atoms with Crippen LogP contribution in [0.25, 0.3) is 11.3 Å². The second-order valence-electron chi connectivity index (χ2n) is 4.37. The van der Waals surface area contributed by atoms with Crippen LogP contribution in [0.1, 0.15) is 0 Å². The van der Waals surface area contributed by atoms with Crippen LogP contribution in [0.2, 0.25) is 5.02 Å². The van der Waals surface area contributed by atoms with Gasteiger partial charge in [-0.1, -0.05) is 23.7 Å². The third-order valence-electron chi connectivity index (χ3n) is 2.95. The average Bonchev–Trinajstić information content (AvgIpc) is 3.00. The normalized spacial score (nSPS) is 10.4. The largest absolute Gasteiger partial charge is 0.494 e. The zero-order chi connectivity index (χ0) is 14.7. The molecule has 0 aliphatic rings. The highest BCUT2D eigenvalue weighted by molar-refractivity contribution is 6.30. The number of methoxy groups -OCH3 is 1. The number of aromatic nitrogens is 3. The van der Waals surface area contributed by atoms with E-state index in [1.807, 2.05) is 36.4 Å². The molecule has 2 aromatic heterocycles. The van der Waals surface area contributed by atoms with E-state index in [1.165, 1.54) is 0 Å². The van der Waals surface area contributed by atoms with Crippen LogP contribution in [0.5, 0.6) is 5.75 Å². The smallest absolute Gasteiger partial charge is 0.145 e. The number of hydrogen-bond acceptors (Lipinski definition) is 4. The summed E-state index contributed by atoms with van der Waals surface area (Å²) in [6.07, 6.45) is 3.44. The van der Waals surface area contributed by atoms with E-state index in [0.29, 0.717) is 16.6 Å². The molecule has 0 atom stereocenters. The first kappa shape index (κ1) is 13.5. The molecule has 0 fully saturated rings. The second kappa shape index (κ2) is 5.85. The van der Waals surface area contributed by atoms with E-state index in [9.17, 15) is 0 Å². The predicted molar refractivity (Wildman–Crippen MR) is 83.1 cm³/mol. The quantitative estimate of drug-likeness (QED) is 0.767. The van der Waals surface area contributed by atoms with Crippen molar-refractivity contribution in [2.24, 2.45) is 0 Å². The number of nitrogens with one attached hydrogen (secondary N) is 2. The van der Waals surface area contributed by atoms with Gasteiger partial charge in [0.05, 0.1) is 19.0 Å². The van der Waals surface area contributed by atoms with Gasteiger partial charge in [-0.05, 0) is 24.3 Å². The van der Waals surface area contributed by atoms with Crippen molar-refractivity contribution >= 4 is 23.1 Å². The highest BCUT2D eigenvalue weighted by Crippen LogP contribution is 2.31. The van der Waals surface area contributed by atoms with Crippen LogP contribution in [0.15, 0.2) is 48.8 Å². The molecule has 6 heteroatoms. The molecule has 21 heavy (non-hydrogen) atoms. The number of ether oxygens (including phenoxy) is 1. The van der Waals surface area contributed by atoms with Gasteiger partial charge in [0.25, 0.3) is 0 Å². The van der Waals surface area contributed by atoms with Crippen LogP contribution in [0.3, 0.4) is 0 Å². The first-order valence-corrected chi connectivity index (χ1v) is 6.71. The third-order valence-corrected chi connectivity index (χ3v) is 3.18. The average molecular weight is 301 g/mol. The Kier molecular flexibility index (Phi) is 3.75. The minimum atomic E-state index is 0.657. The van der Waals surface area contributed by atoms with Crippen molar-refractivity contribution in [2.45, 2.75) is 0 Å². The van der Waals surface area contributed by atoms with Crippen LogP contribution >= 0.6 is 11.6 Å². The maximum atomic E-state index is 6.05. The molecule has 0 spiro atoms. The molecule has 0 amide bonds. The minimum Gasteiger partial charge on any atom is -0.494 e. The van der Waals surface area contributed by atoms with Gasteiger partial charge in [-0.25, -0.2) is 4.98 Å². The summed E-state index contributed by atoms with van der Waals surface area (Å²) in [7, 11) is 1.62. The van der Waals surface area contributed by atoms with Crippen LogP contribution in [-0.4, -0.2) is 22.3 Å². The van der Waals surface area contributed by atoms with Gasteiger partial charge in [-0.3, -0.25) is 5.10 Å². The Hall–Kier alpha value is -2.53. The lowest BCUT2D eigenvalue weighted by Crippen LogP contribution is -1.97. The van der Waals surface area contributed by atoms with Gasteiger partial charge >= 0.3 is 0 Å². The Balaban J connectivity index is 2.01. The maximum absolute atomic E-state index is 6.05. The number of rotatable bonds is 4. The van der Waals surface area contributed by atoms with Gasteiger partial charge in [-0.15, -0.1) is 0 Å². The van der Waals surface area contributed by atoms with Crippen LogP contribution in [0, 0.1) is 0 Å². The molecule has 0 radical (unpaired) electrons. The maximum Gasteiger partial charge on any atom is 0.145 e. The summed E-state index contributed by atoms with van der Waals surface area (Å²) >= 11 is 6.05. The molecule has 5 nitrogen and oxygen atoms in total. The van der Waals surface area contributed by atoms with Crippen LogP contribution in [-0.2, 0) is 0 Å². The monoisotopic (exact) mass is 300 g/mol. The predicted octanol–water partition coefficient (Wildman–Crippen LogP) is 3.88. The zero-order valence-electron chi connectivity index (χ0n) is 11.3. The molecular weight excluding hydrogens is 288 g/mol. The minimum absolute atomic E-state index is 0.657. The van der Waals surface area contributed by atoms with Gasteiger partial charge in [0.15, 0.2) is 0 Å². The summed E-state index contributed by atoms with van der Waals surface area (Å²) in [5, 5.41) is 10.5. The van der Waals surface area contributed by atoms with E-state index in [1.54, 1.807) is 19.5 Å². The summed E-state index contributed by atoms with van der Waals surface area (Å²) in [4.78, 5) is 4.59. The SMILES string of the molecule is COc1ccc(Nc2cn[nH]c2)nc1-c1cccc(Cl)c1. The zero-order valence-corrected chi connectivity index (χ0v) is 12.1. The highest BCUT2D eigenvalue weighted by Gasteiger charge is 2.10. The van der Waals surface area contributed by atoms with E-state index >= 15 is 0 Å². The molecule has 0 unspecified atom stereocenters. The Morgan fingerprint density at radius 3 is 2.86 bits per heavy atom. The molecule has 3 rings (SSSR count). The van der Waals surface area contributed by atoms with Gasteiger partial charge in [0, 0.05) is 16.8 Å². The van der Waals surface area contributed by atoms with E-state index in [-0.39, 0.29) is 0 Å². The number of aromatic amines is 1. The van der Waals surface area contributed by atoms with Gasteiger partial charge in [-0.2, -0.15) is 5.10 Å². The third kappa shape index (κ3) is 2.98. The summed E-state index contributed by atoms with van der Waals surface area (Å²) < 4.78 is 5.38. The molecule has 2 N–H and O–H groups in total. The summed E-state index contributed by atoms with van der Waals surface area (Å²) in [6, 6.07) is 11.2. The molecule has 2 heterocycles. The van der Waals surface area contributed by atoms with Gasteiger partial charge < -0.3 is 10.1 Å². The Morgan fingerprint density at radius 2 is 2.14 bits per heavy atom. The topological polar surface area (TPSA) is 62.8 Å². The van der Waals surface area contributed by atoms with Crippen molar-refractivity contribution < 1.29 is 4.74 Å². The summed E-state index contributed by atoms with van der Waals surface area (Å²) in [6.45, 7) is 0. The number of benzene rings is 1. The first-order valence-electron chi connectivity index (χ1n) is 6.33. The van der Waals surface area contributed by atoms with Crippen molar-refractivity contribution in [2.75, 3.05) is 12.4 Å².